The van der Waals surface area contributed by atoms with Gasteiger partial charge in [-0.2, -0.15) is 0 Å². The van der Waals surface area contributed by atoms with Gasteiger partial charge in [0.05, 0.1) is 11.6 Å². The largest absolute Gasteiger partial charge is 0.387 e. The van der Waals surface area contributed by atoms with Crippen molar-refractivity contribution in [2.24, 2.45) is 0 Å². The van der Waals surface area contributed by atoms with E-state index in [2.05, 4.69) is 5.32 Å². The monoisotopic (exact) mass is 205 g/mol. The number of hydrogen-bond donors (Lipinski definition) is 2. The fourth-order valence-electron chi connectivity index (χ4n) is 1.79. The van der Waals surface area contributed by atoms with E-state index < -0.39 is 5.60 Å². The van der Waals surface area contributed by atoms with Crippen LogP contribution in [-0.2, 0) is 4.79 Å². The summed E-state index contributed by atoms with van der Waals surface area (Å²) in [5.74, 6) is -0.107. The first-order valence-electron chi connectivity index (χ1n) is 5.16. The number of hydrogen-bond acceptors (Lipinski definition) is 2. The lowest BCUT2D eigenvalue weighted by Crippen LogP contribution is -2.36. The number of nitrogens with one attached hydrogen (secondary N) is 1. The molecule has 1 atom stereocenters. The van der Waals surface area contributed by atoms with Crippen molar-refractivity contribution in [2.45, 2.75) is 31.4 Å². The second kappa shape index (κ2) is 3.66. The predicted molar refractivity (Wildman–Crippen MR) is 57.2 cm³/mol. The van der Waals surface area contributed by atoms with E-state index in [9.17, 15) is 9.90 Å². The fraction of sp³-hybridized carbons (Fsp3) is 0.417. The zero-order valence-electron chi connectivity index (χ0n) is 8.73. The normalized spacial score (nSPS) is 19.3. The van der Waals surface area contributed by atoms with Crippen molar-refractivity contribution in [3.05, 3.63) is 35.9 Å². The van der Waals surface area contributed by atoms with Gasteiger partial charge in [0.15, 0.2) is 0 Å². The van der Waals surface area contributed by atoms with Crippen LogP contribution in [0.2, 0.25) is 0 Å². The van der Waals surface area contributed by atoms with Crippen molar-refractivity contribution in [1.29, 1.82) is 0 Å². The Kier molecular flexibility index (Phi) is 2.49. The lowest BCUT2D eigenvalue weighted by molar-refractivity contribution is -0.120. The van der Waals surface area contributed by atoms with Crippen molar-refractivity contribution < 1.29 is 9.90 Å². The lowest BCUT2D eigenvalue weighted by Gasteiger charge is -2.23. The first-order chi connectivity index (χ1) is 7.12. The smallest absolute Gasteiger partial charge is 0.217 e. The van der Waals surface area contributed by atoms with Gasteiger partial charge in [-0.25, -0.2) is 0 Å². The van der Waals surface area contributed by atoms with E-state index >= 15 is 0 Å². The first-order valence-corrected chi connectivity index (χ1v) is 5.16. The highest BCUT2D eigenvalue weighted by atomic mass is 16.3. The molecule has 0 bridgehead atoms. The van der Waals surface area contributed by atoms with Gasteiger partial charge in [0.1, 0.15) is 0 Å². The molecule has 0 saturated heterocycles. The number of benzene rings is 1. The van der Waals surface area contributed by atoms with E-state index in [-0.39, 0.29) is 11.9 Å². The third-order valence-electron chi connectivity index (χ3n) is 2.78. The van der Waals surface area contributed by atoms with Crippen molar-refractivity contribution >= 4 is 5.91 Å². The molecule has 0 aromatic heterocycles. The minimum Gasteiger partial charge on any atom is -0.387 e. The maximum atomic E-state index is 11.1. The summed E-state index contributed by atoms with van der Waals surface area (Å²) in [4.78, 5) is 11.1. The summed E-state index contributed by atoms with van der Waals surface area (Å²) < 4.78 is 0. The molecule has 1 aromatic rings. The maximum absolute atomic E-state index is 11.1. The van der Waals surface area contributed by atoms with Crippen LogP contribution in [-0.4, -0.2) is 16.6 Å². The highest BCUT2D eigenvalue weighted by molar-refractivity contribution is 5.73. The number of aliphatic hydroxyl groups is 1. The zero-order valence-corrected chi connectivity index (χ0v) is 8.73. The number of rotatable bonds is 3. The van der Waals surface area contributed by atoms with Gasteiger partial charge < -0.3 is 10.4 Å². The van der Waals surface area contributed by atoms with Crippen LogP contribution < -0.4 is 5.32 Å². The fourth-order valence-corrected chi connectivity index (χ4v) is 1.79. The average Bonchev–Trinajstić information content (AvgIpc) is 2.95. The van der Waals surface area contributed by atoms with Crippen LogP contribution in [0.15, 0.2) is 30.3 Å². The highest BCUT2D eigenvalue weighted by Crippen LogP contribution is 2.45. The van der Waals surface area contributed by atoms with E-state index in [0.717, 1.165) is 18.4 Å². The molecule has 2 rings (SSSR count). The highest BCUT2D eigenvalue weighted by Gasteiger charge is 2.48. The van der Waals surface area contributed by atoms with Gasteiger partial charge in [-0.1, -0.05) is 30.3 Å². The van der Waals surface area contributed by atoms with Crippen LogP contribution in [0.3, 0.4) is 0 Å². The summed E-state index contributed by atoms with van der Waals surface area (Å²) in [6, 6.07) is 9.33. The van der Waals surface area contributed by atoms with E-state index in [1.807, 2.05) is 30.3 Å². The van der Waals surface area contributed by atoms with E-state index in [1.54, 1.807) is 0 Å². The van der Waals surface area contributed by atoms with E-state index in [4.69, 9.17) is 0 Å². The quantitative estimate of drug-likeness (QED) is 0.783. The molecule has 15 heavy (non-hydrogen) atoms. The Morgan fingerprint density at radius 1 is 1.40 bits per heavy atom. The molecule has 2 N–H and O–H groups in total. The molecule has 80 valence electrons. The number of carbonyl (C=O) groups is 1. The van der Waals surface area contributed by atoms with Crippen LogP contribution >= 0.6 is 0 Å². The molecule has 1 amide bonds. The summed E-state index contributed by atoms with van der Waals surface area (Å²) in [7, 11) is 0. The van der Waals surface area contributed by atoms with Crippen LogP contribution in [0, 0.1) is 0 Å². The molecule has 0 aliphatic heterocycles. The van der Waals surface area contributed by atoms with Gasteiger partial charge in [-0.3, -0.25) is 4.79 Å². The maximum Gasteiger partial charge on any atom is 0.217 e. The Labute approximate surface area is 89.1 Å². The molecular weight excluding hydrogens is 190 g/mol. The number of carbonyl (C=O) groups excluding carboxylic acids is 1. The summed E-state index contributed by atoms with van der Waals surface area (Å²) in [5.41, 5.74) is 0.236. The second-order valence-electron chi connectivity index (χ2n) is 4.15. The van der Waals surface area contributed by atoms with E-state index in [1.165, 1.54) is 6.92 Å². The van der Waals surface area contributed by atoms with Gasteiger partial charge in [-0.15, -0.1) is 0 Å². The number of amides is 1. The Bertz CT molecular complexity index is 357. The summed E-state index contributed by atoms with van der Waals surface area (Å²) in [5, 5.41) is 12.9. The second-order valence-corrected chi connectivity index (χ2v) is 4.15. The van der Waals surface area contributed by atoms with Crippen molar-refractivity contribution in [3.63, 3.8) is 0 Å². The topological polar surface area (TPSA) is 49.3 Å². The summed E-state index contributed by atoms with van der Waals surface area (Å²) >= 11 is 0. The molecule has 1 aromatic carbocycles. The lowest BCUT2D eigenvalue weighted by atomic mass is 9.99. The van der Waals surface area contributed by atoms with Crippen molar-refractivity contribution in [2.75, 3.05) is 0 Å². The Hall–Kier alpha value is -1.35. The molecule has 0 spiro atoms. The molecule has 0 unspecified atom stereocenters. The van der Waals surface area contributed by atoms with Crippen LogP contribution in [0.1, 0.15) is 31.4 Å². The van der Waals surface area contributed by atoms with Gasteiger partial charge in [0.25, 0.3) is 0 Å². The van der Waals surface area contributed by atoms with Gasteiger partial charge in [-0.05, 0) is 18.4 Å². The van der Waals surface area contributed by atoms with E-state index in [0.29, 0.717) is 0 Å². The van der Waals surface area contributed by atoms with Crippen molar-refractivity contribution in [1.82, 2.24) is 5.32 Å². The standard InChI is InChI=1S/C12H15NO2/c1-9(14)13-11(12(15)7-8-12)10-5-3-2-4-6-10/h2-6,11,15H,7-8H2,1H3,(H,13,14)/t11-/m0/s1. The van der Waals surface area contributed by atoms with Gasteiger partial charge in [0, 0.05) is 6.92 Å². The Morgan fingerprint density at radius 2 is 2.00 bits per heavy atom. The van der Waals surface area contributed by atoms with Gasteiger partial charge >= 0.3 is 0 Å². The molecule has 0 radical (unpaired) electrons. The summed E-state index contributed by atoms with van der Waals surface area (Å²) in [6.07, 6.45) is 1.51. The SMILES string of the molecule is CC(=O)N[C@@H](c1ccccc1)C1(O)CC1. The predicted octanol–water partition coefficient (Wildman–Crippen LogP) is 1.39. The van der Waals surface area contributed by atoms with Crippen LogP contribution in [0.25, 0.3) is 0 Å². The minimum atomic E-state index is -0.729. The Morgan fingerprint density at radius 3 is 2.47 bits per heavy atom. The molecule has 1 aliphatic carbocycles. The molecular formula is C12H15NO2. The summed E-state index contributed by atoms with van der Waals surface area (Å²) in [6.45, 7) is 1.47. The molecule has 1 aliphatic rings. The van der Waals surface area contributed by atoms with Crippen LogP contribution in [0.4, 0.5) is 0 Å². The third kappa shape index (κ3) is 2.18. The molecule has 1 fully saturated rings. The van der Waals surface area contributed by atoms with Crippen LogP contribution in [0.5, 0.6) is 0 Å². The molecule has 3 nitrogen and oxygen atoms in total. The van der Waals surface area contributed by atoms with Gasteiger partial charge in [0.2, 0.25) is 5.91 Å². The Balaban J connectivity index is 2.23. The molecule has 0 heterocycles. The first kappa shape index (κ1) is 10.2. The third-order valence-corrected chi connectivity index (χ3v) is 2.78. The molecule has 3 heteroatoms. The van der Waals surface area contributed by atoms with Crippen molar-refractivity contribution in [3.8, 4) is 0 Å². The zero-order chi connectivity index (χ0) is 10.9. The molecule has 1 saturated carbocycles. The average molecular weight is 205 g/mol. The minimum absolute atomic E-state index is 0.107.